The maximum atomic E-state index is 7.20. The highest BCUT2D eigenvalue weighted by Gasteiger charge is 2.33. The first-order chi connectivity index (χ1) is 24.7. The number of benzene rings is 5. The van der Waals surface area contributed by atoms with E-state index in [1.807, 2.05) is 78.9 Å². The number of H-pyrrole nitrogens is 1. The molecule has 5 aromatic carbocycles. The van der Waals surface area contributed by atoms with Gasteiger partial charge < -0.3 is 14.5 Å². The van der Waals surface area contributed by atoms with Crippen LogP contribution in [0.5, 0.6) is 17.2 Å². The second kappa shape index (κ2) is 16.1. The van der Waals surface area contributed by atoms with Crippen molar-refractivity contribution in [2.24, 2.45) is 4.99 Å². The maximum absolute atomic E-state index is 7.20. The average Bonchev–Trinajstić information content (AvgIpc) is 3.59. The largest absolute Gasteiger partial charge is 0.453 e. The number of aromatic amines is 1. The van der Waals surface area contributed by atoms with Crippen LogP contribution >= 0.6 is 93.1 Å². The fourth-order valence-electron chi connectivity index (χ4n) is 4.99. The van der Waals surface area contributed by atoms with Crippen molar-refractivity contribution in [3.05, 3.63) is 180 Å². The Kier molecular flexibility index (Phi) is 11.3. The predicted molar refractivity (Wildman–Crippen MR) is 215 cm³/mol. The maximum Gasteiger partial charge on any atom is 0.175 e. The Morgan fingerprint density at radius 3 is 1.59 bits per heavy atom. The van der Waals surface area contributed by atoms with Gasteiger partial charge in [-0.25, -0.2) is 4.99 Å². The van der Waals surface area contributed by atoms with Crippen LogP contribution in [0.3, 0.4) is 0 Å². The van der Waals surface area contributed by atoms with E-state index < -0.39 is 0 Å². The summed E-state index contributed by atoms with van der Waals surface area (Å²) in [6.45, 7) is 0. The number of rotatable bonds is 9. The average molecular weight is 827 g/mol. The van der Waals surface area contributed by atoms with Gasteiger partial charge in [-0.2, -0.15) is 0 Å². The van der Waals surface area contributed by atoms with Gasteiger partial charge in [0.05, 0.1) is 5.69 Å². The smallest absolute Gasteiger partial charge is 0.175 e. The molecule has 0 unspecified atom stereocenters. The second-order valence-corrected chi connectivity index (χ2v) is 15.5. The molecule has 1 aliphatic heterocycles. The standard InChI is InChI=1S/C39H22Cl6N2O2S2/c40-23-6-14-27(15-7-23)48-36-32(44)38(50-29-18-10-25(42)11-19-29)46-34(36)31(22-4-2-1-3-5-22)35-37(49-28-16-8-24(41)9-17-28)33(45)39(47-35)51-30-20-12-26(43)13-21-30/h1-21,46H/b35-31-. The Morgan fingerprint density at radius 2 is 1.04 bits per heavy atom. The van der Waals surface area contributed by atoms with Crippen molar-refractivity contribution >= 4 is 104 Å². The third kappa shape index (κ3) is 8.46. The van der Waals surface area contributed by atoms with Gasteiger partial charge in [0, 0.05) is 35.5 Å². The van der Waals surface area contributed by atoms with Crippen LogP contribution in [-0.2, 0) is 0 Å². The lowest BCUT2D eigenvalue weighted by Gasteiger charge is -2.15. The first-order valence-corrected chi connectivity index (χ1v) is 19.1. The highest BCUT2D eigenvalue weighted by molar-refractivity contribution is 8.14. The van der Waals surface area contributed by atoms with Crippen LogP contribution in [0.15, 0.2) is 164 Å². The van der Waals surface area contributed by atoms with Gasteiger partial charge in [0.2, 0.25) is 0 Å². The van der Waals surface area contributed by atoms with Crippen molar-refractivity contribution in [1.29, 1.82) is 0 Å². The molecule has 4 nitrogen and oxygen atoms in total. The number of aliphatic imine (C=N–C) groups is 1. The van der Waals surface area contributed by atoms with E-state index in [9.17, 15) is 0 Å². The molecule has 2 heterocycles. The minimum atomic E-state index is 0.321. The number of aromatic nitrogens is 1. The summed E-state index contributed by atoms with van der Waals surface area (Å²) in [6, 6.07) is 38.8. The highest BCUT2D eigenvalue weighted by atomic mass is 35.5. The first-order valence-electron chi connectivity index (χ1n) is 15.2. The van der Waals surface area contributed by atoms with Gasteiger partial charge in [0.25, 0.3) is 0 Å². The fourth-order valence-corrected chi connectivity index (χ4v) is 7.74. The predicted octanol–water partition coefficient (Wildman–Crippen LogP) is 14.7. The molecule has 0 bridgehead atoms. The molecule has 254 valence electrons. The van der Waals surface area contributed by atoms with Gasteiger partial charge in [0.15, 0.2) is 11.5 Å². The second-order valence-electron chi connectivity index (χ2n) is 10.8. The molecular formula is C39H22Cl6N2O2S2. The van der Waals surface area contributed by atoms with Crippen LogP contribution in [0, 0.1) is 0 Å². The zero-order chi connectivity index (χ0) is 35.5. The Labute approximate surface area is 333 Å². The molecule has 0 spiro atoms. The van der Waals surface area contributed by atoms with Crippen molar-refractivity contribution in [3.63, 3.8) is 0 Å². The van der Waals surface area contributed by atoms with Gasteiger partial charge in [-0.15, -0.1) is 0 Å². The molecule has 1 aliphatic rings. The monoisotopic (exact) mass is 824 g/mol. The molecule has 7 rings (SSSR count). The Bertz CT molecular complexity index is 2290. The topological polar surface area (TPSA) is 46.6 Å². The number of ether oxygens (including phenoxy) is 2. The van der Waals surface area contributed by atoms with Crippen molar-refractivity contribution in [1.82, 2.24) is 4.98 Å². The number of hydrogen-bond donors (Lipinski definition) is 1. The van der Waals surface area contributed by atoms with Crippen LogP contribution in [0.1, 0.15) is 11.3 Å². The molecule has 0 aliphatic carbocycles. The van der Waals surface area contributed by atoms with Crippen LogP contribution < -0.4 is 9.47 Å². The van der Waals surface area contributed by atoms with E-state index in [4.69, 9.17) is 84.1 Å². The molecule has 1 N–H and O–H groups in total. The number of thioether (sulfide) groups is 1. The molecule has 0 radical (unpaired) electrons. The van der Waals surface area contributed by atoms with E-state index in [0.29, 0.717) is 80.2 Å². The van der Waals surface area contributed by atoms with Crippen LogP contribution in [0.25, 0.3) is 5.57 Å². The van der Waals surface area contributed by atoms with Crippen molar-refractivity contribution < 1.29 is 9.47 Å². The van der Waals surface area contributed by atoms with E-state index in [2.05, 4.69) is 4.98 Å². The number of nitrogens with one attached hydrogen (secondary N) is 1. The van der Waals surface area contributed by atoms with Gasteiger partial charge in [-0.05, 0) is 103 Å². The minimum Gasteiger partial charge on any atom is -0.453 e. The summed E-state index contributed by atoms with van der Waals surface area (Å²) in [5, 5.41) is 4.24. The van der Waals surface area contributed by atoms with Gasteiger partial charge >= 0.3 is 0 Å². The van der Waals surface area contributed by atoms with Gasteiger partial charge in [-0.1, -0.05) is 123 Å². The van der Waals surface area contributed by atoms with Gasteiger partial charge in [-0.3, -0.25) is 0 Å². The molecule has 0 amide bonds. The summed E-state index contributed by atoms with van der Waals surface area (Å²) in [4.78, 5) is 10.5. The molecule has 0 saturated heterocycles. The summed E-state index contributed by atoms with van der Waals surface area (Å²) < 4.78 is 13.1. The van der Waals surface area contributed by atoms with Crippen molar-refractivity contribution in [2.45, 2.75) is 14.8 Å². The Balaban J connectivity index is 1.46. The number of halogens is 6. The zero-order valence-electron chi connectivity index (χ0n) is 26.0. The quantitative estimate of drug-likeness (QED) is 0.158. The van der Waals surface area contributed by atoms with E-state index in [1.165, 1.54) is 23.5 Å². The lowest BCUT2D eigenvalue weighted by atomic mass is 9.99. The zero-order valence-corrected chi connectivity index (χ0v) is 32.1. The summed E-state index contributed by atoms with van der Waals surface area (Å²) in [5.41, 5.74) is 2.45. The van der Waals surface area contributed by atoms with E-state index in [-0.39, 0.29) is 0 Å². The summed E-state index contributed by atoms with van der Waals surface area (Å²) >= 11 is 42.0. The minimum absolute atomic E-state index is 0.321. The third-order valence-corrected chi connectivity index (χ3v) is 11.3. The molecule has 1 aromatic heterocycles. The Hall–Kier alpha value is -3.43. The van der Waals surface area contributed by atoms with Crippen LogP contribution in [0.4, 0.5) is 0 Å². The van der Waals surface area contributed by atoms with E-state index in [0.717, 1.165) is 15.4 Å². The summed E-state index contributed by atoms with van der Waals surface area (Å²) in [7, 11) is 0. The highest BCUT2D eigenvalue weighted by Crippen LogP contribution is 2.49. The normalized spacial score (nSPS) is 13.7. The molecule has 0 atom stereocenters. The molecular weight excluding hydrogens is 805 g/mol. The molecule has 0 saturated carbocycles. The van der Waals surface area contributed by atoms with Gasteiger partial charge in [0.1, 0.15) is 37.3 Å². The molecule has 0 fully saturated rings. The van der Waals surface area contributed by atoms with Crippen LogP contribution in [-0.4, -0.2) is 10.0 Å². The summed E-state index contributed by atoms with van der Waals surface area (Å²) in [5.74, 6) is 1.76. The number of hydrogen-bond acceptors (Lipinski definition) is 5. The summed E-state index contributed by atoms with van der Waals surface area (Å²) in [6.07, 6.45) is 0. The molecule has 12 heteroatoms. The number of nitrogens with zero attached hydrogens (tertiary/aromatic N) is 1. The molecule has 6 aromatic rings. The third-order valence-electron chi connectivity index (χ3n) is 7.36. The first kappa shape index (κ1) is 36.0. The fraction of sp³-hybridized carbons (Fsp3) is 0. The Morgan fingerprint density at radius 1 is 0.549 bits per heavy atom. The van der Waals surface area contributed by atoms with Crippen molar-refractivity contribution in [3.8, 4) is 17.2 Å². The van der Waals surface area contributed by atoms with E-state index in [1.54, 1.807) is 48.5 Å². The SMILES string of the molecule is ClC1=C(Oc2ccc(Cl)cc2)/C(=C(\c2ccccc2)c2[nH]c(Sc3ccc(Cl)cc3)c(Cl)c2Oc2ccc(Cl)cc2)N=C1Sc1ccc(Cl)cc1. The van der Waals surface area contributed by atoms with E-state index >= 15 is 0 Å². The van der Waals surface area contributed by atoms with Crippen molar-refractivity contribution in [2.75, 3.05) is 0 Å². The molecule has 51 heavy (non-hydrogen) atoms. The lowest BCUT2D eigenvalue weighted by Crippen LogP contribution is -2.03. The van der Waals surface area contributed by atoms with Crippen LogP contribution in [0.2, 0.25) is 25.1 Å². The lowest BCUT2D eigenvalue weighted by molar-refractivity contribution is 0.437.